The number of thioether (sulfide) groups is 1. The first-order valence-corrected chi connectivity index (χ1v) is 5.96. The molecule has 0 N–H and O–H groups in total. The van der Waals surface area contributed by atoms with E-state index < -0.39 is 0 Å². The third-order valence-corrected chi connectivity index (χ3v) is 4.03. The highest BCUT2D eigenvalue weighted by atomic mass is 32.2. The molecule has 1 aromatic heterocycles. The molecule has 0 amide bonds. The molecule has 12 heavy (non-hydrogen) atoms. The van der Waals surface area contributed by atoms with E-state index in [2.05, 4.69) is 28.7 Å². The summed E-state index contributed by atoms with van der Waals surface area (Å²) < 4.78 is 0. The fourth-order valence-electron chi connectivity index (χ4n) is 1.18. The monoisotopic (exact) mass is 197 g/mol. The molecule has 3 heteroatoms. The van der Waals surface area contributed by atoms with Crippen LogP contribution < -0.4 is 0 Å². The lowest BCUT2D eigenvalue weighted by Gasteiger charge is -2.01. The van der Waals surface area contributed by atoms with Crippen molar-refractivity contribution in [1.82, 2.24) is 0 Å². The van der Waals surface area contributed by atoms with E-state index in [0.717, 1.165) is 11.8 Å². The van der Waals surface area contributed by atoms with Gasteiger partial charge in [-0.15, -0.1) is 11.8 Å². The van der Waals surface area contributed by atoms with Gasteiger partial charge in [0.1, 0.15) is 0 Å². The number of nitrogens with zero attached hydrogens (tertiary/aromatic N) is 1. The topological polar surface area (TPSA) is 12.4 Å². The summed E-state index contributed by atoms with van der Waals surface area (Å²) in [6.45, 7) is 3.23. The Hall–Kier alpha value is -0.280. The van der Waals surface area contributed by atoms with E-state index in [9.17, 15) is 0 Å². The summed E-state index contributed by atoms with van der Waals surface area (Å²) in [7, 11) is 0. The van der Waals surface area contributed by atoms with Crippen molar-refractivity contribution >= 4 is 28.1 Å². The molecule has 1 aromatic rings. The summed E-state index contributed by atoms with van der Waals surface area (Å²) >= 11 is 3.67. The second-order valence-electron chi connectivity index (χ2n) is 2.81. The van der Waals surface area contributed by atoms with Crippen LogP contribution in [0.3, 0.4) is 0 Å². The van der Waals surface area contributed by atoms with Gasteiger partial charge in [0.25, 0.3) is 0 Å². The van der Waals surface area contributed by atoms with Crippen LogP contribution in [0.15, 0.2) is 21.8 Å². The molecule has 0 aromatic carbocycles. The van der Waals surface area contributed by atoms with Crippen molar-refractivity contribution in [1.29, 1.82) is 0 Å². The van der Waals surface area contributed by atoms with Crippen molar-refractivity contribution in [2.24, 2.45) is 4.99 Å². The van der Waals surface area contributed by atoms with Gasteiger partial charge in [0, 0.05) is 16.2 Å². The van der Waals surface area contributed by atoms with Gasteiger partial charge in [-0.2, -0.15) is 11.3 Å². The van der Waals surface area contributed by atoms with Crippen molar-refractivity contribution in [3.8, 4) is 0 Å². The Morgan fingerprint density at radius 1 is 1.67 bits per heavy atom. The molecule has 0 radical (unpaired) electrons. The molecule has 64 valence electrons. The number of aliphatic imine (C=N–C) groups is 1. The minimum Gasteiger partial charge on any atom is -0.277 e. The molecule has 1 aliphatic rings. The summed E-state index contributed by atoms with van der Waals surface area (Å²) in [5, 5.41) is 6.24. The molecule has 0 fully saturated rings. The highest BCUT2D eigenvalue weighted by Gasteiger charge is 2.18. The Morgan fingerprint density at radius 3 is 3.17 bits per heavy atom. The fraction of sp³-hybridized carbons (Fsp3) is 0.444. The van der Waals surface area contributed by atoms with Gasteiger partial charge in [0.15, 0.2) is 0 Å². The van der Waals surface area contributed by atoms with E-state index in [1.165, 1.54) is 17.0 Å². The predicted molar refractivity (Wildman–Crippen MR) is 57.4 cm³/mol. The lowest BCUT2D eigenvalue weighted by molar-refractivity contribution is 0.844. The largest absolute Gasteiger partial charge is 0.277 e. The van der Waals surface area contributed by atoms with E-state index in [1.54, 1.807) is 11.3 Å². The number of hydrogen-bond donors (Lipinski definition) is 0. The Labute approximate surface area is 80.9 Å². The van der Waals surface area contributed by atoms with Crippen LogP contribution in [0.25, 0.3) is 0 Å². The van der Waals surface area contributed by atoms with Crippen LogP contribution in [0.4, 0.5) is 0 Å². The van der Waals surface area contributed by atoms with Crippen molar-refractivity contribution in [2.75, 3.05) is 6.54 Å². The van der Waals surface area contributed by atoms with Crippen molar-refractivity contribution in [2.45, 2.75) is 18.6 Å². The maximum absolute atomic E-state index is 4.52. The van der Waals surface area contributed by atoms with Gasteiger partial charge >= 0.3 is 0 Å². The van der Waals surface area contributed by atoms with E-state index >= 15 is 0 Å². The number of hydrogen-bond acceptors (Lipinski definition) is 3. The average Bonchev–Trinajstić information content (AvgIpc) is 2.75. The first kappa shape index (κ1) is 8.32. The molecule has 0 aliphatic carbocycles. The molecule has 1 aliphatic heterocycles. The second kappa shape index (κ2) is 3.62. The first-order valence-electron chi connectivity index (χ1n) is 4.14. The molecular weight excluding hydrogens is 186 g/mol. The Bertz CT molecular complexity index is 277. The first-order chi connectivity index (χ1) is 5.90. The molecule has 0 bridgehead atoms. The quantitative estimate of drug-likeness (QED) is 0.710. The third-order valence-electron chi connectivity index (χ3n) is 1.94. The highest BCUT2D eigenvalue weighted by Crippen LogP contribution is 2.28. The number of rotatable bonds is 2. The minimum atomic E-state index is 0.722. The van der Waals surface area contributed by atoms with Crippen LogP contribution >= 0.6 is 23.1 Å². The minimum absolute atomic E-state index is 0.722. The summed E-state index contributed by atoms with van der Waals surface area (Å²) in [5.41, 5.74) is 1.31. The van der Waals surface area contributed by atoms with E-state index in [-0.39, 0.29) is 0 Å². The van der Waals surface area contributed by atoms with Crippen molar-refractivity contribution in [3.63, 3.8) is 0 Å². The van der Waals surface area contributed by atoms with Crippen LogP contribution in [-0.2, 0) is 0 Å². The average molecular weight is 197 g/mol. The molecule has 1 nitrogen and oxygen atoms in total. The van der Waals surface area contributed by atoms with Crippen LogP contribution in [0.1, 0.15) is 18.9 Å². The van der Waals surface area contributed by atoms with Crippen molar-refractivity contribution in [3.05, 3.63) is 22.4 Å². The van der Waals surface area contributed by atoms with Crippen molar-refractivity contribution < 1.29 is 0 Å². The lowest BCUT2D eigenvalue weighted by Crippen LogP contribution is -1.99. The Morgan fingerprint density at radius 2 is 2.58 bits per heavy atom. The van der Waals surface area contributed by atoms with Gasteiger partial charge in [-0.05, 0) is 17.9 Å². The SMILES string of the molecule is CCC1CN=C(c2ccsc2)S1. The molecule has 1 atom stereocenters. The predicted octanol–water partition coefficient (Wildman–Crippen LogP) is 3.02. The van der Waals surface area contributed by atoms with Gasteiger partial charge in [0.05, 0.1) is 11.6 Å². The summed E-state index contributed by atoms with van der Waals surface area (Å²) in [5.74, 6) is 0. The second-order valence-corrected chi connectivity index (χ2v) is 4.88. The maximum Gasteiger partial charge on any atom is 0.0989 e. The Balaban J connectivity index is 2.09. The van der Waals surface area contributed by atoms with Crippen LogP contribution in [0.5, 0.6) is 0 Å². The molecule has 1 unspecified atom stereocenters. The zero-order valence-electron chi connectivity index (χ0n) is 6.99. The van der Waals surface area contributed by atoms with Crippen LogP contribution in [-0.4, -0.2) is 16.8 Å². The zero-order chi connectivity index (χ0) is 8.39. The van der Waals surface area contributed by atoms with Crippen LogP contribution in [0, 0.1) is 0 Å². The summed E-state index contributed by atoms with van der Waals surface area (Å²) in [6.07, 6.45) is 1.22. The highest BCUT2D eigenvalue weighted by molar-refractivity contribution is 8.15. The fourth-order valence-corrected chi connectivity index (χ4v) is 2.93. The number of thiophene rings is 1. The van der Waals surface area contributed by atoms with Gasteiger partial charge in [0.2, 0.25) is 0 Å². The zero-order valence-corrected chi connectivity index (χ0v) is 8.62. The lowest BCUT2D eigenvalue weighted by atomic mass is 10.3. The molecule has 0 saturated carbocycles. The smallest absolute Gasteiger partial charge is 0.0989 e. The van der Waals surface area contributed by atoms with Crippen LogP contribution in [0.2, 0.25) is 0 Å². The third kappa shape index (κ3) is 1.57. The molecule has 2 heterocycles. The van der Waals surface area contributed by atoms with Gasteiger partial charge in [-0.25, -0.2) is 0 Å². The van der Waals surface area contributed by atoms with E-state index in [1.807, 2.05) is 11.8 Å². The van der Waals surface area contributed by atoms with Gasteiger partial charge in [-0.3, -0.25) is 4.99 Å². The molecule has 0 spiro atoms. The van der Waals surface area contributed by atoms with E-state index in [0.29, 0.717) is 0 Å². The molecule has 2 rings (SSSR count). The van der Waals surface area contributed by atoms with Gasteiger partial charge < -0.3 is 0 Å². The molecule has 0 saturated heterocycles. The maximum atomic E-state index is 4.52. The Kier molecular flexibility index (Phi) is 2.51. The summed E-state index contributed by atoms with van der Waals surface area (Å²) in [6, 6.07) is 2.15. The van der Waals surface area contributed by atoms with Gasteiger partial charge in [-0.1, -0.05) is 6.92 Å². The standard InChI is InChI=1S/C9H11NS2/c1-2-8-5-10-9(12-8)7-3-4-11-6-7/h3-4,6,8H,2,5H2,1H3. The normalized spacial score (nSPS) is 22.8. The molecular formula is C9H11NS2. The van der Waals surface area contributed by atoms with E-state index in [4.69, 9.17) is 0 Å². The summed E-state index contributed by atoms with van der Waals surface area (Å²) in [4.78, 5) is 4.52.